The number of anilines is 1. The highest BCUT2D eigenvalue weighted by Crippen LogP contribution is 2.32. The third-order valence-corrected chi connectivity index (χ3v) is 2.36. The number of hydrogen-bond acceptors (Lipinski definition) is 4. The largest absolute Gasteiger partial charge is 0.485 e. The Kier molecular flexibility index (Phi) is 4.02. The average Bonchev–Trinajstić information content (AvgIpc) is 2.37. The van der Waals surface area contributed by atoms with Gasteiger partial charge in [0.1, 0.15) is 5.82 Å². The summed E-state index contributed by atoms with van der Waals surface area (Å²) in [6, 6.07) is 5.02. The summed E-state index contributed by atoms with van der Waals surface area (Å²) in [4.78, 5) is 3.95. The fraction of sp³-hybridized carbons (Fsp3) is 0.214. The van der Waals surface area contributed by atoms with Gasteiger partial charge in [-0.3, -0.25) is 0 Å². The minimum Gasteiger partial charge on any atom is -0.485 e. The van der Waals surface area contributed by atoms with Crippen molar-refractivity contribution in [2.75, 3.05) is 5.73 Å². The van der Waals surface area contributed by atoms with Gasteiger partial charge in [-0.25, -0.2) is 13.8 Å². The molecule has 1 aromatic carbocycles. The lowest BCUT2D eigenvalue weighted by Gasteiger charge is -2.14. The van der Waals surface area contributed by atoms with Crippen LogP contribution in [-0.2, 0) is 0 Å². The highest BCUT2D eigenvalue weighted by atomic mass is 19.1. The molecule has 0 aliphatic heterocycles. The Hall–Kier alpha value is -2.37. The van der Waals surface area contributed by atoms with Crippen molar-refractivity contribution in [3.8, 4) is 17.4 Å². The third kappa shape index (κ3) is 3.14. The molecule has 0 bridgehead atoms. The van der Waals surface area contributed by atoms with Gasteiger partial charge in [0.05, 0.1) is 11.8 Å². The van der Waals surface area contributed by atoms with Crippen LogP contribution >= 0.6 is 0 Å². The molecular weight excluding hydrogens is 266 g/mol. The van der Waals surface area contributed by atoms with Crippen LogP contribution in [0.15, 0.2) is 30.5 Å². The summed E-state index contributed by atoms with van der Waals surface area (Å²) in [5.74, 6) is -1.43. The maximum atomic E-state index is 13.7. The standard InChI is InChI=1S/C14H14F2N2O2/c1-8(2)19-12-4-3-5-18-14(12)20-13-7-9(15)11(17)6-10(13)16/h3-8H,17H2,1-2H3. The SMILES string of the molecule is CC(C)Oc1cccnc1Oc1cc(F)c(N)cc1F. The molecule has 1 heterocycles. The van der Waals surface area contributed by atoms with E-state index in [4.69, 9.17) is 15.2 Å². The van der Waals surface area contributed by atoms with Crippen molar-refractivity contribution in [2.45, 2.75) is 20.0 Å². The van der Waals surface area contributed by atoms with Crippen LogP contribution in [0, 0.1) is 11.6 Å². The van der Waals surface area contributed by atoms with Gasteiger partial charge in [0.25, 0.3) is 5.88 Å². The Balaban J connectivity index is 2.33. The third-order valence-electron chi connectivity index (χ3n) is 2.36. The monoisotopic (exact) mass is 280 g/mol. The van der Waals surface area contributed by atoms with E-state index in [2.05, 4.69) is 4.98 Å². The summed E-state index contributed by atoms with van der Waals surface area (Å²) in [7, 11) is 0. The van der Waals surface area contributed by atoms with Crippen molar-refractivity contribution in [2.24, 2.45) is 0 Å². The van der Waals surface area contributed by atoms with Crippen LogP contribution in [0.25, 0.3) is 0 Å². The zero-order valence-electron chi connectivity index (χ0n) is 11.1. The predicted octanol–water partition coefficient (Wildman–Crippen LogP) is 3.52. The van der Waals surface area contributed by atoms with E-state index in [1.807, 2.05) is 13.8 Å². The van der Waals surface area contributed by atoms with E-state index in [0.29, 0.717) is 5.75 Å². The summed E-state index contributed by atoms with van der Waals surface area (Å²) >= 11 is 0. The van der Waals surface area contributed by atoms with Gasteiger partial charge >= 0.3 is 0 Å². The van der Waals surface area contributed by atoms with Crippen LogP contribution in [0.1, 0.15) is 13.8 Å². The van der Waals surface area contributed by atoms with Gasteiger partial charge in [0.2, 0.25) is 0 Å². The summed E-state index contributed by atoms with van der Waals surface area (Å²) in [5.41, 5.74) is 4.99. The van der Waals surface area contributed by atoms with Crippen LogP contribution in [-0.4, -0.2) is 11.1 Å². The van der Waals surface area contributed by atoms with E-state index in [-0.39, 0.29) is 23.4 Å². The summed E-state index contributed by atoms with van der Waals surface area (Å²) < 4.78 is 37.8. The normalized spacial score (nSPS) is 10.7. The molecule has 6 heteroatoms. The summed E-state index contributed by atoms with van der Waals surface area (Å²) in [6.45, 7) is 3.67. The highest BCUT2D eigenvalue weighted by molar-refractivity contribution is 5.46. The molecule has 1 aromatic heterocycles. The van der Waals surface area contributed by atoms with Crippen molar-refractivity contribution < 1.29 is 18.3 Å². The van der Waals surface area contributed by atoms with Crippen LogP contribution in [0.5, 0.6) is 17.4 Å². The number of benzene rings is 1. The van der Waals surface area contributed by atoms with Gasteiger partial charge in [-0.1, -0.05) is 0 Å². The smallest absolute Gasteiger partial charge is 0.262 e. The number of aromatic nitrogens is 1. The minimum absolute atomic E-state index is 0.0595. The lowest BCUT2D eigenvalue weighted by Crippen LogP contribution is -2.07. The van der Waals surface area contributed by atoms with E-state index in [0.717, 1.165) is 12.1 Å². The fourth-order valence-electron chi connectivity index (χ4n) is 1.52. The number of nitrogens with zero attached hydrogens (tertiary/aromatic N) is 1. The van der Waals surface area contributed by atoms with Gasteiger partial charge < -0.3 is 15.2 Å². The number of rotatable bonds is 4. The van der Waals surface area contributed by atoms with Crippen molar-refractivity contribution in [3.63, 3.8) is 0 Å². The summed E-state index contributed by atoms with van der Waals surface area (Å²) in [5, 5.41) is 0. The van der Waals surface area contributed by atoms with Crippen molar-refractivity contribution in [3.05, 3.63) is 42.1 Å². The zero-order chi connectivity index (χ0) is 14.7. The lowest BCUT2D eigenvalue weighted by atomic mass is 10.3. The molecule has 4 nitrogen and oxygen atoms in total. The molecule has 0 aliphatic rings. The van der Waals surface area contributed by atoms with Crippen LogP contribution < -0.4 is 15.2 Å². The number of hydrogen-bond donors (Lipinski definition) is 1. The maximum Gasteiger partial charge on any atom is 0.262 e. The molecule has 0 saturated heterocycles. The molecule has 2 N–H and O–H groups in total. The number of pyridine rings is 1. The molecule has 0 unspecified atom stereocenters. The first-order valence-electron chi connectivity index (χ1n) is 6.01. The number of halogens is 2. The molecule has 2 rings (SSSR count). The first-order chi connectivity index (χ1) is 9.47. The lowest BCUT2D eigenvalue weighted by molar-refractivity contribution is 0.230. The van der Waals surface area contributed by atoms with E-state index < -0.39 is 11.6 Å². The summed E-state index contributed by atoms with van der Waals surface area (Å²) in [6.07, 6.45) is 1.36. The topological polar surface area (TPSA) is 57.4 Å². The maximum absolute atomic E-state index is 13.7. The van der Waals surface area contributed by atoms with E-state index >= 15 is 0 Å². The average molecular weight is 280 g/mol. The van der Waals surface area contributed by atoms with E-state index in [1.54, 1.807) is 12.1 Å². The molecule has 0 radical (unpaired) electrons. The molecule has 0 saturated carbocycles. The van der Waals surface area contributed by atoms with Gasteiger partial charge in [-0.15, -0.1) is 0 Å². The van der Waals surface area contributed by atoms with Gasteiger partial charge in [0, 0.05) is 18.3 Å². The second-order valence-corrected chi connectivity index (χ2v) is 4.38. The minimum atomic E-state index is -0.773. The van der Waals surface area contributed by atoms with Gasteiger partial charge in [-0.2, -0.15) is 0 Å². The number of nitrogen functional groups attached to an aromatic ring is 1. The zero-order valence-corrected chi connectivity index (χ0v) is 11.1. The quantitative estimate of drug-likeness (QED) is 0.870. The Bertz CT molecular complexity index is 618. The first-order valence-corrected chi connectivity index (χ1v) is 6.01. The predicted molar refractivity (Wildman–Crippen MR) is 70.8 cm³/mol. The second-order valence-electron chi connectivity index (χ2n) is 4.38. The fourth-order valence-corrected chi connectivity index (χ4v) is 1.52. The molecule has 0 atom stereocenters. The molecule has 0 spiro atoms. The number of ether oxygens (including phenoxy) is 2. The van der Waals surface area contributed by atoms with Crippen molar-refractivity contribution >= 4 is 5.69 Å². The molecule has 0 aliphatic carbocycles. The van der Waals surface area contributed by atoms with E-state index in [1.165, 1.54) is 6.20 Å². The van der Waals surface area contributed by atoms with Crippen molar-refractivity contribution in [1.82, 2.24) is 4.98 Å². The van der Waals surface area contributed by atoms with Crippen LogP contribution in [0.3, 0.4) is 0 Å². The van der Waals surface area contributed by atoms with Crippen molar-refractivity contribution in [1.29, 1.82) is 0 Å². The molecule has 106 valence electrons. The Morgan fingerprint density at radius 1 is 1.15 bits per heavy atom. The first kappa shape index (κ1) is 14.0. The Morgan fingerprint density at radius 3 is 2.60 bits per heavy atom. The second kappa shape index (κ2) is 5.73. The Labute approximate surface area is 115 Å². The van der Waals surface area contributed by atoms with Gasteiger partial charge in [-0.05, 0) is 26.0 Å². The number of nitrogens with two attached hydrogens (primary N) is 1. The van der Waals surface area contributed by atoms with E-state index in [9.17, 15) is 8.78 Å². The molecule has 0 fully saturated rings. The highest BCUT2D eigenvalue weighted by Gasteiger charge is 2.14. The molecule has 20 heavy (non-hydrogen) atoms. The van der Waals surface area contributed by atoms with Crippen LogP contribution in [0.2, 0.25) is 0 Å². The van der Waals surface area contributed by atoms with Gasteiger partial charge in [0.15, 0.2) is 17.3 Å². The molecule has 0 amide bonds. The molecular formula is C14H14F2N2O2. The molecule has 2 aromatic rings. The Morgan fingerprint density at radius 2 is 1.90 bits per heavy atom. The van der Waals surface area contributed by atoms with Crippen LogP contribution in [0.4, 0.5) is 14.5 Å².